The van der Waals surface area contributed by atoms with E-state index in [0.29, 0.717) is 6.61 Å². The summed E-state index contributed by atoms with van der Waals surface area (Å²) in [5, 5.41) is 6.40. The molecule has 0 radical (unpaired) electrons. The van der Waals surface area contributed by atoms with Gasteiger partial charge in [0, 0.05) is 23.7 Å². The molecule has 0 atom stereocenters. The number of aromatic nitrogens is 1. The van der Waals surface area contributed by atoms with Crippen molar-refractivity contribution in [2.24, 2.45) is 0 Å². The average molecular weight is 276 g/mol. The van der Waals surface area contributed by atoms with Crippen LogP contribution in [0.15, 0.2) is 29.8 Å². The summed E-state index contributed by atoms with van der Waals surface area (Å²) in [5.74, 6) is 0.987. The van der Waals surface area contributed by atoms with E-state index in [-0.39, 0.29) is 0 Å². The van der Waals surface area contributed by atoms with Crippen LogP contribution in [0.1, 0.15) is 29.5 Å². The Labute approximate surface area is 118 Å². The van der Waals surface area contributed by atoms with Gasteiger partial charge in [-0.15, -0.1) is 11.3 Å². The van der Waals surface area contributed by atoms with Gasteiger partial charge in [-0.25, -0.2) is 4.98 Å². The normalized spacial score (nSPS) is 10.6. The minimum absolute atomic E-state index is 0.545. The van der Waals surface area contributed by atoms with Crippen LogP contribution < -0.4 is 10.1 Å². The van der Waals surface area contributed by atoms with Gasteiger partial charge in [0.2, 0.25) is 0 Å². The van der Waals surface area contributed by atoms with Gasteiger partial charge in [0.1, 0.15) is 17.4 Å². The quantitative estimate of drug-likeness (QED) is 0.786. The van der Waals surface area contributed by atoms with Crippen molar-refractivity contribution in [2.45, 2.75) is 33.4 Å². The summed E-state index contributed by atoms with van der Waals surface area (Å²) in [6.45, 7) is 6.68. The summed E-state index contributed by atoms with van der Waals surface area (Å²) >= 11 is 1.62. The first-order valence-corrected chi connectivity index (χ1v) is 7.49. The second kappa shape index (κ2) is 7.26. The van der Waals surface area contributed by atoms with Crippen molar-refractivity contribution in [3.63, 3.8) is 0 Å². The molecule has 19 heavy (non-hydrogen) atoms. The molecule has 0 aliphatic heterocycles. The summed E-state index contributed by atoms with van der Waals surface area (Å²) in [7, 11) is 0. The molecule has 1 aromatic carbocycles. The van der Waals surface area contributed by atoms with Gasteiger partial charge in [0.25, 0.3) is 0 Å². The highest BCUT2D eigenvalue weighted by molar-refractivity contribution is 7.09. The number of hydrogen-bond donors (Lipinski definition) is 1. The number of nitrogens with zero attached hydrogens (tertiary/aromatic N) is 1. The number of hydrogen-bond acceptors (Lipinski definition) is 4. The average Bonchev–Trinajstić information content (AvgIpc) is 2.91. The standard InChI is InChI=1S/C15H20N2OS/c1-3-7-16-10-13-6-4-5-12(2)15(13)18-11-14-17-8-9-19-14/h4-6,8-9,16H,3,7,10-11H2,1-2H3. The second-order valence-corrected chi connectivity index (χ2v) is 5.43. The predicted octanol–water partition coefficient (Wildman–Crippen LogP) is 3.53. The van der Waals surface area contributed by atoms with Gasteiger partial charge in [-0.05, 0) is 25.5 Å². The number of nitrogens with one attached hydrogen (secondary N) is 1. The number of ether oxygens (including phenoxy) is 1. The van der Waals surface area contributed by atoms with Crippen LogP contribution in [-0.4, -0.2) is 11.5 Å². The van der Waals surface area contributed by atoms with Gasteiger partial charge >= 0.3 is 0 Å². The minimum Gasteiger partial charge on any atom is -0.486 e. The molecule has 0 fully saturated rings. The van der Waals surface area contributed by atoms with Crippen molar-refractivity contribution in [1.82, 2.24) is 10.3 Å². The van der Waals surface area contributed by atoms with Gasteiger partial charge in [-0.3, -0.25) is 0 Å². The molecule has 102 valence electrons. The van der Waals surface area contributed by atoms with E-state index in [4.69, 9.17) is 4.74 Å². The summed E-state index contributed by atoms with van der Waals surface area (Å²) in [6.07, 6.45) is 2.95. The maximum atomic E-state index is 5.95. The molecule has 0 aliphatic carbocycles. The van der Waals surface area contributed by atoms with E-state index in [2.05, 4.69) is 42.3 Å². The first-order valence-electron chi connectivity index (χ1n) is 6.61. The molecule has 0 aliphatic rings. The summed E-state index contributed by atoms with van der Waals surface area (Å²) in [4.78, 5) is 4.24. The highest BCUT2D eigenvalue weighted by Gasteiger charge is 2.07. The molecule has 2 aromatic rings. The topological polar surface area (TPSA) is 34.1 Å². The second-order valence-electron chi connectivity index (χ2n) is 4.45. The van der Waals surface area contributed by atoms with Gasteiger partial charge in [0.15, 0.2) is 0 Å². The third-order valence-electron chi connectivity index (χ3n) is 2.86. The van der Waals surface area contributed by atoms with E-state index >= 15 is 0 Å². The Bertz CT molecular complexity index is 497. The van der Waals surface area contributed by atoms with Crippen LogP contribution in [0.25, 0.3) is 0 Å². The van der Waals surface area contributed by atoms with Gasteiger partial charge < -0.3 is 10.1 Å². The number of aryl methyl sites for hydroxylation is 1. The van der Waals surface area contributed by atoms with Crippen LogP contribution in [0.5, 0.6) is 5.75 Å². The zero-order valence-electron chi connectivity index (χ0n) is 11.5. The molecule has 0 amide bonds. The van der Waals surface area contributed by atoms with Crippen molar-refractivity contribution in [1.29, 1.82) is 0 Å². The molecular formula is C15H20N2OS. The van der Waals surface area contributed by atoms with Crippen LogP contribution in [0.4, 0.5) is 0 Å². The molecule has 1 aromatic heterocycles. The highest BCUT2D eigenvalue weighted by atomic mass is 32.1. The van der Waals surface area contributed by atoms with Crippen molar-refractivity contribution in [3.05, 3.63) is 45.9 Å². The minimum atomic E-state index is 0.545. The Balaban J connectivity index is 2.04. The third kappa shape index (κ3) is 4.04. The van der Waals surface area contributed by atoms with Crippen molar-refractivity contribution < 1.29 is 4.74 Å². The zero-order chi connectivity index (χ0) is 13.5. The lowest BCUT2D eigenvalue weighted by Crippen LogP contribution is -2.15. The Morgan fingerprint density at radius 1 is 1.37 bits per heavy atom. The first-order chi connectivity index (χ1) is 9.31. The van der Waals surface area contributed by atoms with Crippen molar-refractivity contribution in [2.75, 3.05) is 6.54 Å². The molecule has 0 bridgehead atoms. The predicted molar refractivity (Wildman–Crippen MR) is 79.6 cm³/mol. The smallest absolute Gasteiger partial charge is 0.140 e. The van der Waals surface area contributed by atoms with E-state index in [0.717, 1.165) is 30.3 Å². The van der Waals surface area contributed by atoms with Gasteiger partial charge in [-0.2, -0.15) is 0 Å². The molecule has 0 unspecified atom stereocenters. The Kier molecular flexibility index (Phi) is 5.36. The molecule has 3 nitrogen and oxygen atoms in total. The van der Waals surface area contributed by atoms with Crippen LogP contribution in [0, 0.1) is 6.92 Å². The largest absolute Gasteiger partial charge is 0.486 e. The van der Waals surface area contributed by atoms with E-state index in [1.54, 1.807) is 11.3 Å². The molecule has 0 spiro atoms. The maximum Gasteiger partial charge on any atom is 0.140 e. The highest BCUT2D eigenvalue weighted by Crippen LogP contribution is 2.24. The zero-order valence-corrected chi connectivity index (χ0v) is 12.3. The third-order valence-corrected chi connectivity index (χ3v) is 3.61. The molecule has 1 heterocycles. The molecular weight excluding hydrogens is 256 g/mol. The van der Waals surface area contributed by atoms with Crippen molar-refractivity contribution in [3.8, 4) is 5.75 Å². The fourth-order valence-electron chi connectivity index (χ4n) is 1.92. The van der Waals surface area contributed by atoms with E-state index < -0.39 is 0 Å². The monoisotopic (exact) mass is 276 g/mol. The van der Waals surface area contributed by atoms with Crippen molar-refractivity contribution >= 4 is 11.3 Å². The van der Waals surface area contributed by atoms with E-state index in [1.165, 1.54) is 11.1 Å². The lowest BCUT2D eigenvalue weighted by atomic mass is 10.1. The number of rotatable bonds is 7. The molecule has 4 heteroatoms. The van der Waals surface area contributed by atoms with Crippen LogP contribution in [0.2, 0.25) is 0 Å². The van der Waals surface area contributed by atoms with E-state index in [1.807, 2.05) is 11.6 Å². The summed E-state index contributed by atoms with van der Waals surface area (Å²) < 4.78 is 5.95. The van der Waals surface area contributed by atoms with Gasteiger partial charge in [-0.1, -0.05) is 25.1 Å². The Morgan fingerprint density at radius 2 is 2.26 bits per heavy atom. The van der Waals surface area contributed by atoms with Crippen LogP contribution in [0.3, 0.4) is 0 Å². The lowest BCUT2D eigenvalue weighted by Gasteiger charge is -2.13. The Hall–Kier alpha value is -1.39. The van der Waals surface area contributed by atoms with Gasteiger partial charge in [0.05, 0.1) is 0 Å². The number of benzene rings is 1. The molecule has 0 saturated carbocycles. The Morgan fingerprint density at radius 3 is 3.00 bits per heavy atom. The van der Waals surface area contributed by atoms with Crippen LogP contribution >= 0.6 is 11.3 Å². The first kappa shape index (κ1) is 14.0. The van der Waals surface area contributed by atoms with E-state index in [9.17, 15) is 0 Å². The fraction of sp³-hybridized carbons (Fsp3) is 0.400. The number of para-hydroxylation sites is 1. The fourth-order valence-corrected chi connectivity index (χ4v) is 2.44. The molecule has 0 saturated heterocycles. The summed E-state index contributed by atoms with van der Waals surface area (Å²) in [6, 6.07) is 6.28. The summed E-state index contributed by atoms with van der Waals surface area (Å²) in [5.41, 5.74) is 2.39. The molecule has 1 N–H and O–H groups in total. The maximum absolute atomic E-state index is 5.95. The lowest BCUT2D eigenvalue weighted by molar-refractivity contribution is 0.299. The number of thiazole rings is 1. The molecule has 2 rings (SSSR count). The van der Waals surface area contributed by atoms with Crippen LogP contribution in [-0.2, 0) is 13.2 Å². The SMILES string of the molecule is CCCNCc1cccc(C)c1OCc1nccs1.